The molecule has 2 rings (SSSR count). The van der Waals surface area contributed by atoms with Crippen molar-refractivity contribution in [3.63, 3.8) is 0 Å². The molecular formula is C13H19N3O4. The van der Waals surface area contributed by atoms with Gasteiger partial charge < -0.3 is 4.90 Å². The molecule has 0 unspecified atom stereocenters. The van der Waals surface area contributed by atoms with Crippen molar-refractivity contribution >= 4 is 23.8 Å². The summed E-state index contributed by atoms with van der Waals surface area (Å²) < 4.78 is 0. The summed E-state index contributed by atoms with van der Waals surface area (Å²) in [6.07, 6.45) is 1.06. The van der Waals surface area contributed by atoms with E-state index in [-0.39, 0.29) is 12.5 Å². The Balaban J connectivity index is 2.03. The van der Waals surface area contributed by atoms with Crippen LogP contribution in [-0.4, -0.2) is 65.1 Å². The van der Waals surface area contributed by atoms with E-state index < -0.39 is 17.8 Å². The van der Waals surface area contributed by atoms with E-state index in [1.807, 2.05) is 0 Å². The fourth-order valence-corrected chi connectivity index (χ4v) is 2.85. The van der Waals surface area contributed by atoms with Crippen LogP contribution in [-0.2, 0) is 14.4 Å². The summed E-state index contributed by atoms with van der Waals surface area (Å²) in [5.41, 5.74) is 0. The first-order chi connectivity index (χ1) is 9.31. The average Bonchev–Trinajstić information content (AvgIpc) is 2.55. The minimum Gasteiger partial charge on any atom is -0.341 e. The molecule has 0 saturated carbocycles. The smallest absolute Gasteiger partial charge is 0.334 e. The highest BCUT2D eigenvalue weighted by atomic mass is 16.2. The first kappa shape index (κ1) is 14.5. The molecule has 5 amide bonds. The average molecular weight is 281 g/mol. The van der Waals surface area contributed by atoms with Crippen LogP contribution in [0, 0.1) is 11.8 Å². The summed E-state index contributed by atoms with van der Waals surface area (Å²) in [4.78, 5) is 50.0. The zero-order chi connectivity index (χ0) is 15.0. The van der Waals surface area contributed by atoms with E-state index in [1.54, 1.807) is 4.90 Å². The third kappa shape index (κ3) is 2.52. The number of hydrogen-bond acceptors (Lipinski definition) is 4. The lowest BCUT2D eigenvalue weighted by Crippen LogP contribution is -2.48. The van der Waals surface area contributed by atoms with E-state index in [0.717, 1.165) is 11.3 Å². The standard InChI is InChI=1S/C13H19N3O4/c1-8-4-9(2)6-15(5-8)10(17)7-16-12(19)11(18)14(3)13(16)20/h8-9H,4-7H2,1-3H3/t8-,9-/m0/s1. The Morgan fingerprint density at radius 3 is 2.10 bits per heavy atom. The lowest BCUT2D eigenvalue weighted by molar-refractivity contribution is -0.145. The normalized spacial score (nSPS) is 27.6. The number of nitrogens with zero attached hydrogens (tertiary/aromatic N) is 3. The third-order valence-electron chi connectivity index (χ3n) is 3.77. The Kier molecular flexibility index (Phi) is 3.78. The molecule has 0 aromatic heterocycles. The molecule has 2 fully saturated rings. The number of hydrogen-bond donors (Lipinski definition) is 0. The van der Waals surface area contributed by atoms with Crippen LogP contribution in [0.5, 0.6) is 0 Å². The maximum absolute atomic E-state index is 12.2. The van der Waals surface area contributed by atoms with Crippen LogP contribution < -0.4 is 0 Å². The zero-order valence-electron chi connectivity index (χ0n) is 12.0. The first-order valence-electron chi connectivity index (χ1n) is 6.72. The van der Waals surface area contributed by atoms with Crippen LogP contribution in [0.4, 0.5) is 4.79 Å². The Bertz CT molecular complexity index is 466. The second-order valence-electron chi connectivity index (χ2n) is 5.78. The van der Waals surface area contributed by atoms with Crippen LogP contribution in [0.25, 0.3) is 0 Å². The Morgan fingerprint density at radius 2 is 1.65 bits per heavy atom. The topological polar surface area (TPSA) is 78.0 Å². The maximum atomic E-state index is 12.2. The second kappa shape index (κ2) is 5.22. The number of imide groups is 2. The Morgan fingerprint density at radius 1 is 1.10 bits per heavy atom. The number of piperidine rings is 1. The van der Waals surface area contributed by atoms with E-state index >= 15 is 0 Å². The number of likely N-dealkylation sites (N-methyl/N-ethyl adjacent to an activating group) is 1. The molecule has 0 aliphatic carbocycles. The molecule has 2 saturated heterocycles. The van der Waals surface area contributed by atoms with Gasteiger partial charge in [0.15, 0.2) is 0 Å². The number of likely N-dealkylation sites (tertiary alicyclic amines) is 1. The molecule has 20 heavy (non-hydrogen) atoms. The zero-order valence-corrected chi connectivity index (χ0v) is 12.0. The van der Waals surface area contributed by atoms with Gasteiger partial charge in [0.2, 0.25) is 5.91 Å². The quantitative estimate of drug-likeness (QED) is 0.523. The fraction of sp³-hybridized carbons (Fsp3) is 0.692. The minimum atomic E-state index is -0.927. The van der Waals surface area contributed by atoms with Crippen molar-refractivity contribution in [1.82, 2.24) is 14.7 Å². The van der Waals surface area contributed by atoms with Gasteiger partial charge in [0.25, 0.3) is 0 Å². The maximum Gasteiger partial charge on any atom is 0.334 e. The van der Waals surface area contributed by atoms with Gasteiger partial charge in [0.05, 0.1) is 0 Å². The van der Waals surface area contributed by atoms with Crippen LogP contribution in [0.1, 0.15) is 20.3 Å². The summed E-state index contributed by atoms with van der Waals surface area (Å²) >= 11 is 0. The molecule has 2 aliphatic rings. The van der Waals surface area contributed by atoms with Gasteiger partial charge in [0.1, 0.15) is 6.54 Å². The summed E-state index contributed by atoms with van der Waals surface area (Å²) in [6.45, 7) is 5.04. The van der Waals surface area contributed by atoms with E-state index in [9.17, 15) is 19.2 Å². The van der Waals surface area contributed by atoms with Crippen LogP contribution in [0.2, 0.25) is 0 Å². The first-order valence-corrected chi connectivity index (χ1v) is 6.72. The molecule has 7 nitrogen and oxygen atoms in total. The van der Waals surface area contributed by atoms with E-state index in [0.29, 0.717) is 29.8 Å². The summed E-state index contributed by atoms with van der Waals surface area (Å²) in [6, 6.07) is -0.730. The predicted molar refractivity (Wildman–Crippen MR) is 69.4 cm³/mol. The van der Waals surface area contributed by atoms with E-state index in [2.05, 4.69) is 13.8 Å². The number of urea groups is 1. The van der Waals surface area contributed by atoms with Crippen LogP contribution in [0.15, 0.2) is 0 Å². The second-order valence-corrected chi connectivity index (χ2v) is 5.78. The van der Waals surface area contributed by atoms with Gasteiger partial charge in [-0.05, 0) is 18.3 Å². The number of carbonyl (C=O) groups is 4. The van der Waals surface area contributed by atoms with Crippen molar-refractivity contribution in [2.45, 2.75) is 20.3 Å². The van der Waals surface area contributed by atoms with Crippen molar-refractivity contribution in [2.75, 3.05) is 26.7 Å². The van der Waals surface area contributed by atoms with Gasteiger partial charge in [-0.25, -0.2) is 9.69 Å². The SMILES string of the molecule is C[C@H]1C[C@H](C)CN(C(=O)CN2C(=O)C(=O)N(C)C2=O)C1. The summed E-state index contributed by atoms with van der Waals surface area (Å²) in [5, 5.41) is 0. The van der Waals surface area contributed by atoms with Crippen molar-refractivity contribution in [3.8, 4) is 0 Å². The largest absolute Gasteiger partial charge is 0.341 e. The van der Waals surface area contributed by atoms with Gasteiger partial charge in [-0.1, -0.05) is 13.8 Å². The van der Waals surface area contributed by atoms with Gasteiger partial charge in [-0.3, -0.25) is 19.3 Å². The predicted octanol–water partition coefficient (Wildman–Crippen LogP) is -0.0885. The van der Waals surface area contributed by atoms with Crippen molar-refractivity contribution in [2.24, 2.45) is 11.8 Å². The van der Waals surface area contributed by atoms with Gasteiger partial charge in [0, 0.05) is 20.1 Å². The van der Waals surface area contributed by atoms with E-state index in [1.165, 1.54) is 7.05 Å². The molecule has 0 radical (unpaired) electrons. The molecule has 2 atom stereocenters. The number of amides is 5. The summed E-state index contributed by atoms with van der Waals surface area (Å²) in [5.74, 6) is -1.30. The highest BCUT2D eigenvalue weighted by Gasteiger charge is 2.43. The molecule has 0 spiro atoms. The molecule has 2 heterocycles. The Labute approximate surface area is 117 Å². The van der Waals surface area contributed by atoms with Gasteiger partial charge in [-0.2, -0.15) is 0 Å². The molecule has 0 aromatic carbocycles. The molecule has 0 N–H and O–H groups in total. The molecule has 2 aliphatic heterocycles. The highest BCUT2D eigenvalue weighted by Crippen LogP contribution is 2.21. The van der Waals surface area contributed by atoms with Gasteiger partial charge >= 0.3 is 17.8 Å². The minimum absolute atomic E-state index is 0.284. The Hall–Kier alpha value is -1.92. The molecular weight excluding hydrogens is 262 g/mol. The molecule has 0 bridgehead atoms. The summed E-state index contributed by atoms with van der Waals surface area (Å²) in [7, 11) is 1.23. The third-order valence-corrected chi connectivity index (χ3v) is 3.77. The van der Waals surface area contributed by atoms with Crippen LogP contribution in [0.3, 0.4) is 0 Å². The molecule has 110 valence electrons. The fourth-order valence-electron chi connectivity index (χ4n) is 2.85. The highest BCUT2D eigenvalue weighted by molar-refractivity contribution is 6.44. The lowest BCUT2D eigenvalue weighted by Gasteiger charge is -2.35. The van der Waals surface area contributed by atoms with Gasteiger partial charge in [-0.15, -0.1) is 0 Å². The molecule has 7 heteroatoms. The monoisotopic (exact) mass is 281 g/mol. The molecule has 0 aromatic rings. The number of rotatable bonds is 2. The van der Waals surface area contributed by atoms with Crippen molar-refractivity contribution < 1.29 is 19.2 Å². The number of carbonyl (C=O) groups excluding carboxylic acids is 4. The van der Waals surface area contributed by atoms with E-state index in [4.69, 9.17) is 0 Å². The van der Waals surface area contributed by atoms with Crippen LogP contribution >= 0.6 is 0 Å². The lowest BCUT2D eigenvalue weighted by atomic mass is 9.92. The van der Waals surface area contributed by atoms with Crippen molar-refractivity contribution in [3.05, 3.63) is 0 Å². The van der Waals surface area contributed by atoms with Crippen molar-refractivity contribution in [1.29, 1.82) is 0 Å².